The summed E-state index contributed by atoms with van der Waals surface area (Å²) in [4.78, 5) is 13.5. The van der Waals surface area contributed by atoms with Gasteiger partial charge in [0.2, 0.25) is 0 Å². The van der Waals surface area contributed by atoms with Crippen molar-refractivity contribution in [3.63, 3.8) is 0 Å². The van der Waals surface area contributed by atoms with Gasteiger partial charge in [-0.3, -0.25) is 4.57 Å². The highest BCUT2D eigenvalue weighted by atomic mass is 28.4. The van der Waals surface area contributed by atoms with Gasteiger partial charge < -0.3 is 14.3 Å². The van der Waals surface area contributed by atoms with Crippen molar-refractivity contribution < 1.29 is 14.3 Å². The number of rotatable bonds is 7. The summed E-state index contributed by atoms with van der Waals surface area (Å²) >= 11 is 0. The minimum absolute atomic E-state index is 0.115. The molecule has 1 saturated heterocycles. The molecule has 2 aromatic heterocycles. The Labute approximate surface area is 191 Å². The first-order valence-corrected chi connectivity index (χ1v) is 14.2. The Morgan fingerprint density at radius 2 is 1.88 bits per heavy atom. The lowest BCUT2D eigenvalue weighted by Crippen LogP contribution is -2.43. The fraction of sp³-hybridized carbons (Fsp3) is 0.542. The van der Waals surface area contributed by atoms with Crippen LogP contribution in [0.2, 0.25) is 18.1 Å². The van der Waals surface area contributed by atoms with Crippen LogP contribution in [0.3, 0.4) is 0 Å². The van der Waals surface area contributed by atoms with Crippen LogP contribution in [0.4, 0.5) is 0 Å². The Kier molecular flexibility index (Phi) is 6.49. The number of nitrogens with zero attached hydrogens (tertiary/aromatic N) is 4. The van der Waals surface area contributed by atoms with Crippen LogP contribution < -0.4 is 0 Å². The summed E-state index contributed by atoms with van der Waals surface area (Å²) in [7, 11) is -1.91. The second kappa shape index (κ2) is 9.01. The molecule has 1 fully saturated rings. The summed E-state index contributed by atoms with van der Waals surface area (Å²) < 4.78 is 14.4. The van der Waals surface area contributed by atoms with Gasteiger partial charge in [-0.1, -0.05) is 51.1 Å². The molecule has 0 saturated carbocycles. The van der Waals surface area contributed by atoms with E-state index < -0.39 is 14.4 Å². The molecule has 1 aliphatic rings. The van der Waals surface area contributed by atoms with E-state index in [1.807, 2.05) is 22.8 Å². The summed E-state index contributed by atoms with van der Waals surface area (Å²) in [5, 5.41) is 10.8. The van der Waals surface area contributed by atoms with Gasteiger partial charge in [0.05, 0.1) is 24.7 Å². The van der Waals surface area contributed by atoms with Crippen molar-refractivity contribution in [1.29, 1.82) is 0 Å². The van der Waals surface area contributed by atoms with Crippen LogP contribution in [0, 0.1) is 0 Å². The standard InChI is InChI=1S/C24H34N4O3Si/c1-24(2,3)32(4,5)30-14-20-19(29)13-21(31-20)28-16-27-22-18(25-15-26-23(22)28)12-11-17-9-7-6-8-10-17/h6-10,15-16,19-21,29H,11-14H2,1-5H3/t19-,20+,21+/m0/s1. The third kappa shape index (κ3) is 4.78. The van der Waals surface area contributed by atoms with Gasteiger partial charge in [-0.25, -0.2) is 15.0 Å². The zero-order valence-electron chi connectivity index (χ0n) is 19.7. The normalized spacial score (nSPS) is 22.0. The van der Waals surface area contributed by atoms with Crippen LogP contribution >= 0.6 is 0 Å². The van der Waals surface area contributed by atoms with E-state index in [1.54, 1.807) is 12.7 Å². The molecular formula is C24H34N4O3Si. The van der Waals surface area contributed by atoms with Crippen LogP contribution in [0.25, 0.3) is 11.2 Å². The molecule has 0 aliphatic carbocycles. The fourth-order valence-corrected chi connectivity index (χ4v) is 4.76. The number of aryl methyl sites for hydroxylation is 2. The number of aliphatic hydroxyl groups is 1. The van der Waals surface area contributed by atoms with Crippen molar-refractivity contribution in [2.45, 2.75) is 76.6 Å². The molecule has 3 aromatic rings. The molecule has 1 aliphatic heterocycles. The zero-order chi connectivity index (χ0) is 22.9. The molecule has 0 bridgehead atoms. The molecule has 4 rings (SSSR count). The molecule has 7 nitrogen and oxygen atoms in total. The first-order valence-electron chi connectivity index (χ1n) is 11.3. The predicted octanol–water partition coefficient (Wildman–Crippen LogP) is 4.28. The van der Waals surface area contributed by atoms with Gasteiger partial charge in [-0.05, 0) is 36.5 Å². The third-order valence-electron chi connectivity index (χ3n) is 6.86. The van der Waals surface area contributed by atoms with Gasteiger partial charge in [-0.15, -0.1) is 0 Å². The molecule has 1 aromatic carbocycles. The van der Waals surface area contributed by atoms with Crippen LogP contribution in [0.15, 0.2) is 43.0 Å². The summed E-state index contributed by atoms with van der Waals surface area (Å²) in [5.41, 5.74) is 3.73. The maximum Gasteiger partial charge on any atom is 0.192 e. The largest absolute Gasteiger partial charge is 0.414 e. The van der Waals surface area contributed by atoms with Crippen molar-refractivity contribution in [3.05, 3.63) is 54.2 Å². The Morgan fingerprint density at radius 3 is 2.59 bits per heavy atom. The predicted molar refractivity (Wildman–Crippen MR) is 127 cm³/mol. The molecule has 0 radical (unpaired) electrons. The van der Waals surface area contributed by atoms with Gasteiger partial charge in [-0.2, -0.15) is 0 Å². The molecular weight excluding hydrogens is 420 g/mol. The van der Waals surface area contributed by atoms with Gasteiger partial charge in [0.25, 0.3) is 0 Å². The second-order valence-electron chi connectivity index (χ2n) is 10.1. The fourth-order valence-electron chi connectivity index (χ4n) is 3.74. The lowest BCUT2D eigenvalue weighted by Gasteiger charge is -2.37. The van der Waals surface area contributed by atoms with Crippen molar-refractivity contribution in [3.8, 4) is 0 Å². The van der Waals surface area contributed by atoms with E-state index in [1.165, 1.54) is 5.56 Å². The molecule has 172 valence electrons. The summed E-state index contributed by atoms with van der Waals surface area (Å²) in [6, 6.07) is 10.4. The van der Waals surface area contributed by atoms with E-state index in [0.717, 1.165) is 29.7 Å². The highest BCUT2D eigenvalue weighted by Crippen LogP contribution is 2.38. The van der Waals surface area contributed by atoms with Gasteiger partial charge in [0.15, 0.2) is 14.0 Å². The molecule has 1 N–H and O–H groups in total. The number of benzene rings is 1. The maximum absolute atomic E-state index is 10.6. The van der Waals surface area contributed by atoms with E-state index in [9.17, 15) is 5.11 Å². The van der Waals surface area contributed by atoms with Crippen molar-refractivity contribution in [2.75, 3.05) is 6.61 Å². The van der Waals surface area contributed by atoms with Gasteiger partial charge in [0, 0.05) is 6.42 Å². The molecule has 3 atom stereocenters. The van der Waals surface area contributed by atoms with Crippen LogP contribution in [-0.4, -0.2) is 51.8 Å². The zero-order valence-corrected chi connectivity index (χ0v) is 20.7. The van der Waals surface area contributed by atoms with Crippen LogP contribution in [0.1, 0.15) is 44.7 Å². The van der Waals surface area contributed by atoms with E-state index >= 15 is 0 Å². The van der Waals surface area contributed by atoms with Crippen molar-refractivity contribution in [2.24, 2.45) is 0 Å². The number of hydrogen-bond donors (Lipinski definition) is 1. The number of imidazole rings is 1. The summed E-state index contributed by atoms with van der Waals surface area (Å²) in [6.07, 6.45) is 4.25. The Balaban J connectivity index is 1.46. The molecule has 32 heavy (non-hydrogen) atoms. The third-order valence-corrected chi connectivity index (χ3v) is 11.4. The number of hydrogen-bond acceptors (Lipinski definition) is 6. The van der Waals surface area contributed by atoms with Gasteiger partial charge in [0.1, 0.15) is 24.2 Å². The van der Waals surface area contributed by atoms with Crippen molar-refractivity contribution >= 4 is 19.5 Å². The van der Waals surface area contributed by atoms with E-state index in [4.69, 9.17) is 9.16 Å². The molecule has 0 amide bonds. The number of aromatic nitrogens is 4. The topological polar surface area (TPSA) is 82.3 Å². The first kappa shape index (κ1) is 23.0. The number of aliphatic hydroxyl groups excluding tert-OH is 1. The molecule has 0 spiro atoms. The van der Waals surface area contributed by atoms with Gasteiger partial charge >= 0.3 is 0 Å². The lowest BCUT2D eigenvalue weighted by molar-refractivity contribution is -0.0405. The first-order chi connectivity index (χ1) is 15.2. The number of fused-ring (bicyclic) bond motifs is 1. The van der Waals surface area contributed by atoms with E-state index in [-0.39, 0.29) is 17.4 Å². The monoisotopic (exact) mass is 454 g/mol. The SMILES string of the molecule is CC(C)(C)[Si](C)(C)OC[C@H]1O[C@@H](n2cnc3c(CCc4ccccc4)ncnc32)C[C@@H]1O. The molecule has 3 heterocycles. The Hall–Kier alpha value is -2.13. The van der Waals surface area contributed by atoms with Crippen molar-refractivity contribution in [1.82, 2.24) is 19.5 Å². The quantitative estimate of drug-likeness (QED) is 0.537. The minimum Gasteiger partial charge on any atom is -0.414 e. The smallest absolute Gasteiger partial charge is 0.192 e. The minimum atomic E-state index is -1.91. The van der Waals surface area contributed by atoms with E-state index in [2.05, 4.69) is 60.9 Å². The summed E-state index contributed by atoms with van der Waals surface area (Å²) in [6.45, 7) is 11.5. The Bertz CT molecular complexity index is 1050. The summed E-state index contributed by atoms with van der Waals surface area (Å²) in [5.74, 6) is 0. The van der Waals surface area contributed by atoms with Crippen LogP contribution in [-0.2, 0) is 22.0 Å². The second-order valence-corrected chi connectivity index (χ2v) is 14.9. The van der Waals surface area contributed by atoms with Crippen LogP contribution in [0.5, 0.6) is 0 Å². The molecule has 8 heteroatoms. The lowest BCUT2D eigenvalue weighted by atomic mass is 10.1. The molecule has 0 unspecified atom stereocenters. The maximum atomic E-state index is 10.6. The average molecular weight is 455 g/mol. The Morgan fingerprint density at radius 1 is 1.12 bits per heavy atom. The number of ether oxygens (including phenoxy) is 1. The average Bonchev–Trinajstić information content (AvgIpc) is 3.34. The van der Waals surface area contributed by atoms with E-state index in [0.29, 0.717) is 13.0 Å². The highest BCUT2D eigenvalue weighted by Gasteiger charge is 2.41. The highest BCUT2D eigenvalue weighted by molar-refractivity contribution is 6.74.